The number of benzene rings is 2. The second-order valence-corrected chi connectivity index (χ2v) is 8.62. The van der Waals surface area contributed by atoms with Gasteiger partial charge in [0.2, 0.25) is 11.8 Å². The molecule has 7 nitrogen and oxygen atoms in total. The van der Waals surface area contributed by atoms with E-state index in [1.165, 1.54) is 0 Å². The molecule has 0 saturated carbocycles. The molecule has 2 amide bonds. The summed E-state index contributed by atoms with van der Waals surface area (Å²) in [5.41, 5.74) is 2.84. The molecule has 1 saturated heterocycles. The molecule has 3 aromatic rings. The highest BCUT2D eigenvalue weighted by Gasteiger charge is 2.30. The third-order valence-electron chi connectivity index (χ3n) is 6.43. The summed E-state index contributed by atoms with van der Waals surface area (Å²) in [5.74, 6) is 0.837. The van der Waals surface area contributed by atoms with Gasteiger partial charge in [-0.3, -0.25) is 9.59 Å². The van der Waals surface area contributed by atoms with Crippen molar-refractivity contribution in [2.24, 2.45) is 11.8 Å². The average molecular weight is 450 g/mol. The Bertz CT molecular complexity index is 1090. The molecular formula is C26H31N3O4. The number of rotatable bonds is 8. The van der Waals surface area contributed by atoms with Crippen LogP contribution in [0.5, 0.6) is 0 Å². The molecule has 0 aliphatic carbocycles. The van der Waals surface area contributed by atoms with Gasteiger partial charge in [0, 0.05) is 50.4 Å². The lowest BCUT2D eigenvalue weighted by atomic mass is 9.84. The summed E-state index contributed by atoms with van der Waals surface area (Å²) < 4.78 is 10.9. The first-order valence-electron chi connectivity index (χ1n) is 11.6. The van der Waals surface area contributed by atoms with Crippen LogP contribution in [-0.2, 0) is 9.53 Å². The number of nitrogens with one attached hydrogen (secondary N) is 1. The van der Waals surface area contributed by atoms with Crippen LogP contribution in [-0.4, -0.2) is 55.0 Å². The van der Waals surface area contributed by atoms with Crippen LogP contribution in [0.15, 0.2) is 52.9 Å². The van der Waals surface area contributed by atoms with E-state index in [-0.39, 0.29) is 23.7 Å². The van der Waals surface area contributed by atoms with E-state index in [1.807, 2.05) is 54.3 Å². The summed E-state index contributed by atoms with van der Waals surface area (Å²) in [6.45, 7) is 4.55. The molecule has 4 rings (SSSR count). The van der Waals surface area contributed by atoms with Gasteiger partial charge >= 0.3 is 0 Å². The highest BCUT2D eigenvalue weighted by molar-refractivity contribution is 5.97. The van der Waals surface area contributed by atoms with Crippen LogP contribution < -0.4 is 5.32 Å². The Morgan fingerprint density at radius 1 is 1.18 bits per heavy atom. The largest absolute Gasteiger partial charge is 0.436 e. The number of methoxy groups -OCH3 is 1. The van der Waals surface area contributed by atoms with Gasteiger partial charge in [-0.1, -0.05) is 25.1 Å². The Kier molecular flexibility index (Phi) is 7.40. The summed E-state index contributed by atoms with van der Waals surface area (Å²) in [4.78, 5) is 31.9. The van der Waals surface area contributed by atoms with E-state index >= 15 is 0 Å². The van der Waals surface area contributed by atoms with Gasteiger partial charge in [-0.2, -0.15) is 0 Å². The molecule has 0 radical (unpaired) electrons. The third-order valence-corrected chi connectivity index (χ3v) is 6.43. The molecule has 2 aromatic carbocycles. The predicted octanol–water partition coefficient (Wildman–Crippen LogP) is 4.14. The molecule has 174 valence electrons. The molecule has 7 heteroatoms. The first kappa shape index (κ1) is 23.0. The van der Waals surface area contributed by atoms with E-state index in [2.05, 4.69) is 10.3 Å². The van der Waals surface area contributed by atoms with Gasteiger partial charge < -0.3 is 19.4 Å². The van der Waals surface area contributed by atoms with Crippen molar-refractivity contribution in [2.45, 2.75) is 26.2 Å². The van der Waals surface area contributed by atoms with E-state index in [0.717, 1.165) is 30.3 Å². The van der Waals surface area contributed by atoms with Crippen molar-refractivity contribution in [1.82, 2.24) is 15.2 Å². The summed E-state index contributed by atoms with van der Waals surface area (Å²) in [5, 5.41) is 2.99. The second-order valence-electron chi connectivity index (χ2n) is 8.62. The summed E-state index contributed by atoms with van der Waals surface area (Å²) in [7, 11) is 1.66. The van der Waals surface area contributed by atoms with Crippen molar-refractivity contribution in [3.05, 3.63) is 54.1 Å². The van der Waals surface area contributed by atoms with Crippen molar-refractivity contribution >= 4 is 22.9 Å². The zero-order valence-electron chi connectivity index (χ0n) is 19.3. The molecule has 0 unspecified atom stereocenters. The van der Waals surface area contributed by atoms with Crippen LogP contribution in [0.2, 0.25) is 0 Å². The van der Waals surface area contributed by atoms with Gasteiger partial charge in [-0.25, -0.2) is 4.98 Å². The number of carbonyl (C=O) groups excluding carboxylic acids is 2. The normalized spacial score (nSPS) is 15.5. The minimum absolute atomic E-state index is 0.00955. The van der Waals surface area contributed by atoms with E-state index < -0.39 is 0 Å². The molecule has 33 heavy (non-hydrogen) atoms. The number of oxazole rings is 1. The number of hydrogen-bond donors (Lipinski definition) is 1. The molecule has 1 atom stereocenters. The Morgan fingerprint density at radius 2 is 1.94 bits per heavy atom. The summed E-state index contributed by atoms with van der Waals surface area (Å²) in [6.07, 6.45) is 2.45. The maximum absolute atomic E-state index is 13.1. The number of likely N-dealkylation sites (tertiary alicyclic amines) is 1. The van der Waals surface area contributed by atoms with Gasteiger partial charge in [-0.15, -0.1) is 0 Å². The van der Waals surface area contributed by atoms with E-state index in [9.17, 15) is 9.59 Å². The number of piperidine rings is 1. The second kappa shape index (κ2) is 10.6. The Morgan fingerprint density at radius 3 is 2.67 bits per heavy atom. The van der Waals surface area contributed by atoms with Crippen molar-refractivity contribution in [1.29, 1.82) is 0 Å². The van der Waals surface area contributed by atoms with Crippen LogP contribution in [0.3, 0.4) is 0 Å². The highest BCUT2D eigenvalue weighted by atomic mass is 16.5. The number of carbonyl (C=O) groups is 2. The lowest BCUT2D eigenvalue weighted by Gasteiger charge is -2.34. The zero-order valence-corrected chi connectivity index (χ0v) is 19.3. The number of ether oxygens (including phenoxy) is 1. The van der Waals surface area contributed by atoms with Gasteiger partial charge in [0.25, 0.3) is 5.91 Å². The monoisotopic (exact) mass is 449 g/mol. The van der Waals surface area contributed by atoms with Crippen LogP contribution in [0.1, 0.15) is 36.5 Å². The predicted molar refractivity (Wildman–Crippen MR) is 127 cm³/mol. The standard InChI is InChI=1S/C26H31N3O4/c1-18(24(30)27-13-6-16-32-2)19-11-14-29(15-12-19)26(31)21-9-10-22-23(17-21)33-25(28-22)20-7-4-3-5-8-20/h3-5,7-10,17-19H,6,11-16H2,1-2H3,(H,27,30)/t18-/m0/s1. The Labute approximate surface area is 194 Å². The first-order valence-corrected chi connectivity index (χ1v) is 11.6. The van der Waals surface area contributed by atoms with Gasteiger partial charge in [0.15, 0.2) is 5.58 Å². The fourth-order valence-electron chi connectivity index (χ4n) is 4.35. The van der Waals surface area contributed by atoms with Crippen molar-refractivity contribution in [3.63, 3.8) is 0 Å². The van der Waals surface area contributed by atoms with Gasteiger partial charge in [0.05, 0.1) is 0 Å². The number of fused-ring (bicyclic) bond motifs is 1. The topological polar surface area (TPSA) is 84.7 Å². The first-order chi connectivity index (χ1) is 16.1. The van der Waals surface area contributed by atoms with Crippen LogP contribution in [0.25, 0.3) is 22.6 Å². The third kappa shape index (κ3) is 5.42. The lowest BCUT2D eigenvalue weighted by molar-refractivity contribution is -0.126. The molecule has 1 fully saturated rings. The van der Waals surface area contributed by atoms with Crippen molar-refractivity contribution in [2.75, 3.05) is 33.4 Å². The summed E-state index contributed by atoms with van der Waals surface area (Å²) >= 11 is 0. The number of aromatic nitrogens is 1. The van der Waals surface area contributed by atoms with Crippen LogP contribution in [0.4, 0.5) is 0 Å². The Hall–Kier alpha value is -3.19. The quantitative estimate of drug-likeness (QED) is 0.523. The minimum Gasteiger partial charge on any atom is -0.436 e. The van der Waals surface area contributed by atoms with E-state index in [1.54, 1.807) is 13.2 Å². The van der Waals surface area contributed by atoms with Crippen LogP contribution >= 0.6 is 0 Å². The maximum Gasteiger partial charge on any atom is 0.253 e. The van der Waals surface area contributed by atoms with Crippen LogP contribution in [0, 0.1) is 11.8 Å². The minimum atomic E-state index is -0.0632. The zero-order chi connectivity index (χ0) is 23.2. The molecular weight excluding hydrogens is 418 g/mol. The van der Waals surface area contributed by atoms with Gasteiger partial charge in [0.1, 0.15) is 5.52 Å². The van der Waals surface area contributed by atoms with Crippen molar-refractivity contribution < 1.29 is 18.7 Å². The summed E-state index contributed by atoms with van der Waals surface area (Å²) in [6, 6.07) is 15.1. The number of nitrogens with zero attached hydrogens (tertiary/aromatic N) is 2. The van der Waals surface area contributed by atoms with E-state index in [0.29, 0.717) is 43.3 Å². The van der Waals surface area contributed by atoms with Crippen molar-refractivity contribution in [3.8, 4) is 11.5 Å². The lowest BCUT2D eigenvalue weighted by Crippen LogP contribution is -2.42. The molecule has 1 aromatic heterocycles. The fraction of sp³-hybridized carbons (Fsp3) is 0.423. The molecule has 0 spiro atoms. The SMILES string of the molecule is COCCCNC(=O)[C@@H](C)C1CCN(C(=O)c2ccc3nc(-c4ccccc4)oc3c2)CC1. The Balaban J connectivity index is 1.35. The molecule has 1 aliphatic rings. The number of amides is 2. The smallest absolute Gasteiger partial charge is 0.253 e. The number of hydrogen-bond acceptors (Lipinski definition) is 5. The molecule has 0 bridgehead atoms. The van der Waals surface area contributed by atoms with E-state index in [4.69, 9.17) is 9.15 Å². The molecule has 1 N–H and O–H groups in total. The average Bonchev–Trinajstić information content (AvgIpc) is 3.30. The fourth-order valence-corrected chi connectivity index (χ4v) is 4.35. The molecule has 2 heterocycles. The maximum atomic E-state index is 13.1. The highest BCUT2D eigenvalue weighted by Crippen LogP contribution is 2.28. The molecule has 1 aliphatic heterocycles. The van der Waals surface area contributed by atoms with Gasteiger partial charge in [-0.05, 0) is 55.5 Å².